The van der Waals surface area contributed by atoms with Crippen LogP contribution in [0.15, 0.2) is 36.4 Å². The third kappa shape index (κ3) is 3.22. The van der Waals surface area contributed by atoms with E-state index in [1.54, 1.807) is 6.07 Å². The molecule has 0 aromatic heterocycles. The molecule has 0 bridgehead atoms. The van der Waals surface area contributed by atoms with Gasteiger partial charge in [-0.2, -0.15) is 0 Å². The highest BCUT2D eigenvalue weighted by molar-refractivity contribution is 5.70. The Labute approximate surface area is 113 Å². The second-order valence-corrected chi connectivity index (χ2v) is 4.57. The Morgan fingerprint density at radius 2 is 1.53 bits per heavy atom. The molecule has 98 valence electrons. The fourth-order valence-electron chi connectivity index (χ4n) is 1.85. The van der Waals surface area contributed by atoms with E-state index in [-0.39, 0.29) is 11.6 Å². The number of hydrogen-bond donors (Lipinski definition) is 0. The molecule has 0 atom stereocenters. The Hall–Kier alpha value is -2.09. The lowest BCUT2D eigenvalue weighted by molar-refractivity contribution is 0.386. The molecule has 2 aromatic carbocycles. The highest BCUT2D eigenvalue weighted by Crippen LogP contribution is 2.19. The second kappa shape index (κ2) is 5.70. The maximum atomic E-state index is 13.5. The standard InChI is InChI=1S/C17H17FO/c1-12-4-5-14(10-13(12)2)6-7-15-8-9-17(19-3)16(18)11-15/h4-11H,1-3H3/b7-6+. The molecule has 0 aliphatic rings. The van der Waals surface area contributed by atoms with Crippen molar-refractivity contribution in [3.63, 3.8) is 0 Å². The van der Waals surface area contributed by atoms with Gasteiger partial charge in [0, 0.05) is 0 Å². The van der Waals surface area contributed by atoms with Crippen molar-refractivity contribution in [3.05, 3.63) is 64.5 Å². The zero-order chi connectivity index (χ0) is 13.8. The van der Waals surface area contributed by atoms with Crippen LogP contribution in [0.1, 0.15) is 22.3 Å². The molecule has 0 spiro atoms. The topological polar surface area (TPSA) is 9.23 Å². The third-order valence-electron chi connectivity index (χ3n) is 3.18. The third-order valence-corrected chi connectivity index (χ3v) is 3.18. The first-order valence-corrected chi connectivity index (χ1v) is 6.19. The molecule has 19 heavy (non-hydrogen) atoms. The summed E-state index contributed by atoms with van der Waals surface area (Å²) in [4.78, 5) is 0. The molecule has 0 aliphatic carbocycles. The zero-order valence-corrected chi connectivity index (χ0v) is 11.4. The van der Waals surface area contributed by atoms with Crippen molar-refractivity contribution in [1.29, 1.82) is 0 Å². The smallest absolute Gasteiger partial charge is 0.165 e. The minimum atomic E-state index is -0.343. The minimum absolute atomic E-state index is 0.267. The first-order chi connectivity index (χ1) is 9.10. The van der Waals surface area contributed by atoms with Crippen LogP contribution in [0, 0.1) is 19.7 Å². The van der Waals surface area contributed by atoms with Gasteiger partial charge < -0.3 is 4.74 Å². The summed E-state index contributed by atoms with van der Waals surface area (Å²) in [5.74, 6) is -0.0759. The molecule has 0 fully saturated rings. The van der Waals surface area contributed by atoms with E-state index in [1.807, 2.05) is 18.2 Å². The zero-order valence-electron chi connectivity index (χ0n) is 11.4. The van der Waals surface area contributed by atoms with Crippen LogP contribution in [0.5, 0.6) is 5.75 Å². The van der Waals surface area contributed by atoms with Gasteiger partial charge in [0.2, 0.25) is 0 Å². The van der Waals surface area contributed by atoms with Crippen molar-refractivity contribution >= 4 is 12.2 Å². The molecule has 2 rings (SSSR count). The van der Waals surface area contributed by atoms with E-state index in [0.29, 0.717) is 0 Å². The summed E-state index contributed by atoms with van der Waals surface area (Å²) in [7, 11) is 1.46. The van der Waals surface area contributed by atoms with E-state index in [0.717, 1.165) is 11.1 Å². The molecule has 0 amide bonds. The van der Waals surface area contributed by atoms with Crippen LogP contribution in [0.3, 0.4) is 0 Å². The van der Waals surface area contributed by atoms with Crippen LogP contribution >= 0.6 is 0 Å². The van der Waals surface area contributed by atoms with Crippen LogP contribution in [0.25, 0.3) is 12.2 Å². The molecule has 0 aliphatic heterocycles. The quantitative estimate of drug-likeness (QED) is 0.728. The van der Waals surface area contributed by atoms with Crippen LogP contribution in [0.2, 0.25) is 0 Å². The Morgan fingerprint density at radius 1 is 0.895 bits per heavy atom. The van der Waals surface area contributed by atoms with Crippen LogP contribution < -0.4 is 4.74 Å². The van der Waals surface area contributed by atoms with E-state index in [2.05, 4.69) is 32.0 Å². The van der Waals surface area contributed by atoms with Crippen LogP contribution in [-0.2, 0) is 0 Å². The van der Waals surface area contributed by atoms with E-state index in [4.69, 9.17) is 4.74 Å². The fraction of sp³-hybridized carbons (Fsp3) is 0.176. The van der Waals surface area contributed by atoms with Gasteiger partial charge in [-0.25, -0.2) is 4.39 Å². The van der Waals surface area contributed by atoms with Gasteiger partial charge in [-0.1, -0.05) is 36.4 Å². The second-order valence-electron chi connectivity index (χ2n) is 4.57. The lowest BCUT2D eigenvalue weighted by Crippen LogP contribution is -1.87. The van der Waals surface area contributed by atoms with Crippen molar-refractivity contribution in [3.8, 4) is 5.75 Å². The highest BCUT2D eigenvalue weighted by Gasteiger charge is 2.01. The largest absolute Gasteiger partial charge is 0.494 e. The van der Waals surface area contributed by atoms with Crippen molar-refractivity contribution in [2.45, 2.75) is 13.8 Å². The van der Waals surface area contributed by atoms with Gasteiger partial charge >= 0.3 is 0 Å². The highest BCUT2D eigenvalue weighted by atomic mass is 19.1. The van der Waals surface area contributed by atoms with E-state index in [9.17, 15) is 4.39 Å². The maximum Gasteiger partial charge on any atom is 0.165 e. The average molecular weight is 256 g/mol. The molecule has 0 N–H and O–H groups in total. The SMILES string of the molecule is COc1ccc(/C=C/c2ccc(C)c(C)c2)cc1F. The Morgan fingerprint density at radius 3 is 2.11 bits per heavy atom. The monoisotopic (exact) mass is 256 g/mol. The van der Waals surface area contributed by atoms with Gasteiger partial charge in [-0.3, -0.25) is 0 Å². The molecule has 0 unspecified atom stereocenters. The molecule has 2 aromatic rings. The summed E-state index contributed by atoms with van der Waals surface area (Å²) < 4.78 is 18.4. The van der Waals surface area contributed by atoms with Gasteiger partial charge in [0.25, 0.3) is 0 Å². The molecule has 0 saturated carbocycles. The maximum absolute atomic E-state index is 13.5. The van der Waals surface area contributed by atoms with Gasteiger partial charge in [0.05, 0.1) is 7.11 Å². The normalized spacial score (nSPS) is 10.9. The lowest BCUT2D eigenvalue weighted by Gasteiger charge is -2.03. The van der Waals surface area contributed by atoms with Gasteiger partial charge in [0.1, 0.15) is 0 Å². The number of methoxy groups -OCH3 is 1. The predicted octanol–water partition coefficient (Wildman–Crippen LogP) is 4.62. The molecular formula is C17H17FO. The number of rotatable bonds is 3. The minimum Gasteiger partial charge on any atom is -0.494 e. The van der Waals surface area contributed by atoms with Crippen molar-refractivity contribution < 1.29 is 9.13 Å². The molecule has 0 radical (unpaired) electrons. The van der Waals surface area contributed by atoms with Gasteiger partial charge in [-0.15, -0.1) is 0 Å². The number of aryl methyl sites for hydroxylation is 2. The first-order valence-electron chi connectivity index (χ1n) is 6.19. The summed E-state index contributed by atoms with van der Waals surface area (Å²) in [6.07, 6.45) is 3.88. The number of halogens is 1. The molecule has 2 heteroatoms. The molecule has 0 heterocycles. The summed E-state index contributed by atoms with van der Waals surface area (Å²) in [6, 6.07) is 11.2. The summed E-state index contributed by atoms with van der Waals surface area (Å²) in [5.41, 5.74) is 4.45. The van der Waals surface area contributed by atoms with E-state index in [1.165, 1.54) is 24.3 Å². The summed E-state index contributed by atoms with van der Waals surface area (Å²) in [6.45, 7) is 4.17. The first kappa shape index (κ1) is 13.3. The predicted molar refractivity (Wildman–Crippen MR) is 77.8 cm³/mol. The fourth-order valence-corrected chi connectivity index (χ4v) is 1.85. The van der Waals surface area contributed by atoms with Gasteiger partial charge in [0.15, 0.2) is 11.6 Å². The Balaban J connectivity index is 2.22. The van der Waals surface area contributed by atoms with Crippen molar-refractivity contribution in [2.75, 3.05) is 7.11 Å². The summed E-state index contributed by atoms with van der Waals surface area (Å²) in [5, 5.41) is 0. The van der Waals surface area contributed by atoms with Gasteiger partial charge in [-0.05, 0) is 48.2 Å². The molecular weight excluding hydrogens is 239 g/mol. The Bertz CT molecular complexity index is 615. The van der Waals surface area contributed by atoms with Crippen LogP contribution in [0.4, 0.5) is 4.39 Å². The lowest BCUT2D eigenvalue weighted by atomic mass is 10.1. The summed E-state index contributed by atoms with van der Waals surface area (Å²) >= 11 is 0. The van der Waals surface area contributed by atoms with E-state index >= 15 is 0 Å². The van der Waals surface area contributed by atoms with Crippen LogP contribution in [-0.4, -0.2) is 7.11 Å². The molecule has 1 nitrogen and oxygen atoms in total. The molecule has 0 saturated heterocycles. The van der Waals surface area contributed by atoms with E-state index < -0.39 is 0 Å². The van der Waals surface area contributed by atoms with Crippen molar-refractivity contribution in [2.24, 2.45) is 0 Å². The number of benzene rings is 2. The average Bonchev–Trinajstić information content (AvgIpc) is 2.40. The number of hydrogen-bond acceptors (Lipinski definition) is 1. The Kier molecular flexibility index (Phi) is 4.00. The number of ether oxygens (including phenoxy) is 1. The van der Waals surface area contributed by atoms with Crippen molar-refractivity contribution in [1.82, 2.24) is 0 Å².